The second-order valence-corrected chi connectivity index (χ2v) is 8.30. The first-order valence-electron chi connectivity index (χ1n) is 4.20. The molecule has 1 aliphatic rings. The molecule has 0 spiro atoms. The van der Waals surface area contributed by atoms with Crippen LogP contribution in [0, 0.1) is 0 Å². The Hall–Kier alpha value is 0.177. The van der Waals surface area contributed by atoms with Crippen molar-refractivity contribution in [3.8, 4) is 0 Å². The lowest BCUT2D eigenvalue weighted by molar-refractivity contribution is 0.230. The first-order valence-corrected chi connectivity index (χ1v) is 7.19. The van der Waals surface area contributed by atoms with E-state index in [4.69, 9.17) is 4.43 Å². The highest BCUT2D eigenvalue weighted by Crippen LogP contribution is 2.45. The third-order valence-electron chi connectivity index (χ3n) is 2.10. The Balaban J connectivity index is 2.34. The molecule has 0 aromatic rings. The topological polar surface area (TPSA) is 9.23 Å². The lowest BCUT2D eigenvalue weighted by Gasteiger charge is -2.25. The predicted molar refractivity (Wildman–Crippen MR) is 46.7 cm³/mol. The molecule has 1 fully saturated rings. The first-order chi connectivity index (χ1) is 4.52. The quantitative estimate of drug-likeness (QED) is 0.574. The summed E-state index contributed by atoms with van der Waals surface area (Å²) in [5.74, 6) is 0. The van der Waals surface area contributed by atoms with Crippen molar-refractivity contribution < 1.29 is 4.43 Å². The summed E-state index contributed by atoms with van der Waals surface area (Å²) in [7, 11) is -1.23. The zero-order chi connectivity index (χ0) is 7.78. The van der Waals surface area contributed by atoms with Gasteiger partial charge in [0.05, 0.1) is 0 Å². The number of hydrogen-bond donors (Lipinski definition) is 0. The lowest BCUT2D eigenvalue weighted by atomic mass is 10.5. The van der Waals surface area contributed by atoms with Crippen molar-refractivity contribution in [1.82, 2.24) is 0 Å². The van der Waals surface area contributed by atoms with E-state index in [2.05, 4.69) is 26.9 Å². The van der Waals surface area contributed by atoms with E-state index in [0.29, 0.717) is 6.10 Å². The maximum absolute atomic E-state index is 5.90. The summed E-state index contributed by atoms with van der Waals surface area (Å²) in [6, 6.07) is 0. The highest BCUT2D eigenvalue weighted by Gasteiger charge is 2.41. The number of rotatable bonds is 3. The molecule has 1 rings (SSSR count). The second kappa shape index (κ2) is 2.66. The van der Waals surface area contributed by atoms with Crippen molar-refractivity contribution in [2.75, 3.05) is 0 Å². The zero-order valence-electron chi connectivity index (χ0n) is 7.48. The molecule has 10 heavy (non-hydrogen) atoms. The normalized spacial score (nSPS) is 20.1. The van der Waals surface area contributed by atoms with E-state index in [-0.39, 0.29) is 0 Å². The van der Waals surface area contributed by atoms with Gasteiger partial charge in [0, 0.05) is 6.10 Å². The number of hydrogen-bond acceptors (Lipinski definition) is 1. The molecule has 0 saturated heterocycles. The van der Waals surface area contributed by atoms with Gasteiger partial charge in [0.25, 0.3) is 0 Å². The Bertz CT molecular complexity index is 116. The molecule has 0 bridgehead atoms. The Morgan fingerprint density at radius 1 is 1.30 bits per heavy atom. The predicted octanol–water partition coefficient (Wildman–Crippen LogP) is 2.78. The third kappa shape index (κ3) is 2.10. The Morgan fingerprint density at radius 3 is 2.10 bits per heavy atom. The highest BCUT2D eigenvalue weighted by molar-refractivity contribution is 6.73. The van der Waals surface area contributed by atoms with Crippen LogP contribution in [0.3, 0.4) is 0 Å². The average Bonchev–Trinajstić information content (AvgIpc) is 2.35. The molecule has 0 unspecified atom stereocenters. The summed E-state index contributed by atoms with van der Waals surface area (Å²) in [6.45, 7) is 8.95. The smallest absolute Gasteiger partial charge is 0.190 e. The summed E-state index contributed by atoms with van der Waals surface area (Å²) in [4.78, 5) is 0. The van der Waals surface area contributed by atoms with Gasteiger partial charge < -0.3 is 4.43 Å². The molecular formula is C8H18OSi. The minimum Gasteiger partial charge on any atom is -0.415 e. The Morgan fingerprint density at radius 2 is 1.80 bits per heavy atom. The van der Waals surface area contributed by atoms with Gasteiger partial charge in [-0.2, -0.15) is 0 Å². The van der Waals surface area contributed by atoms with Crippen LogP contribution in [0.4, 0.5) is 0 Å². The van der Waals surface area contributed by atoms with E-state index >= 15 is 0 Å². The van der Waals surface area contributed by atoms with Crippen LogP contribution in [0.5, 0.6) is 0 Å². The van der Waals surface area contributed by atoms with Crippen LogP contribution < -0.4 is 0 Å². The highest BCUT2D eigenvalue weighted by atomic mass is 28.4. The van der Waals surface area contributed by atoms with Crippen LogP contribution in [0.2, 0.25) is 18.6 Å². The van der Waals surface area contributed by atoms with Gasteiger partial charge in [-0.15, -0.1) is 0 Å². The van der Waals surface area contributed by atoms with Crippen molar-refractivity contribution in [2.45, 2.75) is 51.4 Å². The van der Waals surface area contributed by atoms with Crippen LogP contribution in [-0.2, 0) is 4.43 Å². The van der Waals surface area contributed by atoms with Gasteiger partial charge in [0.2, 0.25) is 0 Å². The van der Waals surface area contributed by atoms with Crippen molar-refractivity contribution in [2.24, 2.45) is 0 Å². The Labute approximate surface area is 64.9 Å². The fourth-order valence-electron chi connectivity index (χ4n) is 1.48. The molecular weight excluding hydrogens is 140 g/mol. The minimum atomic E-state index is -1.23. The van der Waals surface area contributed by atoms with E-state index in [9.17, 15) is 0 Å². The molecule has 0 aliphatic heterocycles. The van der Waals surface area contributed by atoms with E-state index < -0.39 is 8.32 Å². The van der Waals surface area contributed by atoms with Gasteiger partial charge in [0.1, 0.15) is 0 Å². The molecule has 0 N–H and O–H groups in total. The molecule has 2 heteroatoms. The fraction of sp³-hybridized carbons (Fsp3) is 1.00. The summed E-state index contributed by atoms with van der Waals surface area (Å²) in [6.07, 6.45) is 3.28. The average molecular weight is 158 g/mol. The summed E-state index contributed by atoms with van der Waals surface area (Å²) < 4.78 is 5.90. The molecule has 0 radical (unpaired) electrons. The summed E-state index contributed by atoms with van der Waals surface area (Å²) in [5.41, 5.74) is 0.967. The fourth-order valence-corrected chi connectivity index (χ4v) is 4.45. The van der Waals surface area contributed by atoms with E-state index in [1.165, 1.54) is 12.8 Å². The molecule has 60 valence electrons. The molecule has 0 aromatic heterocycles. The van der Waals surface area contributed by atoms with Crippen LogP contribution in [0.25, 0.3) is 0 Å². The molecule has 1 saturated carbocycles. The monoisotopic (exact) mass is 158 g/mol. The van der Waals surface area contributed by atoms with Crippen LogP contribution in [0.15, 0.2) is 0 Å². The van der Waals surface area contributed by atoms with E-state index in [1.54, 1.807) is 0 Å². The molecule has 0 aromatic carbocycles. The third-order valence-corrected chi connectivity index (χ3v) is 5.72. The zero-order valence-corrected chi connectivity index (χ0v) is 8.48. The van der Waals surface area contributed by atoms with Crippen molar-refractivity contribution >= 4 is 8.32 Å². The minimum absolute atomic E-state index is 0.433. The van der Waals surface area contributed by atoms with Crippen LogP contribution >= 0.6 is 0 Å². The lowest BCUT2D eigenvalue weighted by Crippen LogP contribution is -2.33. The summed E-state index contributed by atoms with van der Waals surface area (Å²) in [5, 5.41) is 0. The molecule has 0 amide bonds. The second-order valence-electron chi connectivity index (χ2n) is 4.04. The van der Waals surface area contributed by atoms with Crippen molar-refractivity contribution in [1.29, 1.82) is 0 Å². The van der Waals surface area contributed by atoms with Gasteiger partial charge in [-0.3, -0.25) is 0 Å². The van der Waals surface area contributed by atoms with Gasteiger partial charge in [0.15, 0.2) is 8.32 Å². The van der Waals surface area contributed by atoms with E-state index in [1.807, 2.05) is 0 Å². The van der Waals surface area contributed by atoms with Gasteiger partial charge in [-0.1, -0.05) is 12.8 Å². The largest absolute Gasteiger partial charge is 0.415 e. The molecule has 0 atom stereocenters. The van der Waals surface area contributed by atoms with E-state index in [0.717, 1.165) is 5.54 Å². The molecule has 0 heterocycles. The first kappa shape index (κ1) is 8.28. The van der Waals surface area contributed by atoms with Gasteiger partial charge in [-0.05, 0) is 32.5 Å². The molecule has 1 aliphatic carbocycles. The van der Waals surface area contributed by atoms with Crippen LogP contribution in [0.1, 0.15) is 26.7 Å². The summed E-state index contributed by atoms with van der Waals surface area (Å²) >= 11 is 0. The molecule has 1 nitrogen and oxygen atoms in total. The maximum atomic E-state index is 5.90. The van der Waals surface area contributed by atoms with Crippen LogP contribution in [-0.4, -0.2) is 14.4 Å². The SMILES string of the molecule is CC(C)O[Si](C)(C)C1CC1. The standard InChI is InChI=1S/C8H18OSi/c1-7(2)9-10(3,4)8-5-6-8/h7-8H,5-6H2,1-4H3. The maximum Gasteiger partial charge on any atom is 0.190 e. The Kier molecular flexibility index (Phi) is 2.20. The van der Waals surface area contributed by atoms with Crippen molar-refractivity contribution in [3.05, 3.63) is 0 Å². The van der Waals surface area contributed by atoms with Gasteiger partial charge >= 0.3 is 0 Å². The van der Waals surface area contributed by atoms with Gasteiger partial charge in [-0.25, -0.2) is 0 Å². The van der Waals surface area contributed by atoms with Crippen molar-refractivity contribution in [3.63, 3.8) is 0 Å².